The van der Waals surface area contributed by atoms with Crippen LogP contribution in [0, 0.1) is 5.41 Å². The van der Waals surface area contributed by atoms with Crippen molar-refractivity contribution in [2.45, 2.75) is 87.1 Å². The maximum absolute atomic E-state index is 12.2. The molecule has 0 aromatic heterocycles. The monoisotopic (exact) mass is 443 g/mol. The number of hydrogen-bond acceptors (Lipinski definition) is 4. The highest BCUT2D eigenvalue weighted by atomic mass is 16.4. The van der Waals surface area contributed by atoms with Gasteiger partial charge in [0, 0.05) is 19.2 Å². The molecule has 0 radical (unpaired) electrons. The molecular formula is C24H49N3O4. The van der Waals surface area contributed by atoms with E-state index in [0.717, 1.165) is 0 Å². The Hall–Kier alpha value is -1.89. The van der Waals surface area contributed by atoms with Crippen LogP contribution in [0.15, 0.2) is 11.6 Å². The summed E-state index contributed by atoms with van der Waals surface area (Å²) in [6.07, 6.45) is 7.48. The molecular weight excluding hydrogens is 394 g/mol. The van der Waals surface area contributed by atoms with Gasteiger partial charge in [-0.2, -0.15) is 0 Å². The third kappa shape index (κ3) is 18.6. The van der Waals surface area contributed by atoms with Crippen molar-refractivity contribution in [2.75, 3.05) is 33.7 Å². The van der Waals surface area contributed by atoms with Gasteiger partial charge < -0.3 is 20.2 Å². The van der Waals surface area contributed by atoms with Crippen molar-refractivity contribution in [2.24, 2.45) is 5.41 Å². The molecule has 1 aliphatic rings. The molecule has 1 unspecified atom stereocenters. The Morgan fingerprint density at radius 2 is 1.58 bits per heavy atom. The average Bonchev–Trinajstić information content (AvgIpc) is 2.71. The number of carbonyl (C=O) groups is 3. The van der Waals surface area contributed by atoms with E-state index in [1.165, 1.54) is 56.7 Å². The second kappa shape index (κ2) is 20.0. The zero-order valence-electron chi connectivity index (χ0n) is 21.7. The number of hydrogen-bond donors (Lipinski definition) is 2. The number of likely N-dealkylation sites (tertiary alicyclic amines) is 1. The lowest BCUT2D eigenvalue weighted by molar-refractivity contribution is -0.136. The molecule has 1 atom stereocenters. The SMILES string of the molecule is C/C(=C\CN(C)C(=O)C(NC=O)C(C)(C)C)C(=O)O.CC.CCC.CN1CCCCC1. The van der Waals surface area contributed by atoms with E-state index in [0.29, 0.717) is 6.41 Å². The Balaban J connectivity index is -0.000000531. The van der Waals surface area contributed by atoms with Gasteiger partial charge in [0.1, 0.15) is 6.04 Å². The van der Waals surface area contributed by atoms with Crippen molar-refractivity contribution >= 4 is 18.3 Å². The van der Waals surface area contributed by atoms with E-state index in [1.54, 1.807) is 7.05 Å². The summed E-state index contributed by atoms with van der Waals surface area (Å²) >= 11 is 0. The summed E-state index contributed by atoms with van der Waals surface area (Å²) in [7, 11) is 3.76. The largest absolute Gasteiger partial charge is 0.478 e. The van der Waals surface area contributed by atoms with Gasteiger partial charge in [-0.3, -0.25) is 9.59 Å². The van der Waals surface area contributed by atoms with Crippen LogP contribution in [0.4, 0.5) is 0 Å². The average molecular weight is 444 g/mol. The maximum atomic E-state index is 12.2. The predicted molar refractivity (Wildman–Crippen MR) is 130 cm³/mol. The van der Waals surface area contributed by atoms with E-state index in [9.17, 15) is 14.4 Å². The Morgan fingerprint density at radius 1 is 1.13 bits per heavy atom. The topological polar surface area (TPSA) is 90.0 Å². The Morgan fingerprint density at radius 3 is 1.87 bits per heavy atom. The van der Waals surface area contributed by atoms with Crippen molar-refractivity contribution in [3.63, 3.8) is 0 Å². The lowest BCUT2D eigenvalue weighted by Gasteiger charge is -2.32. The van der Waals surface area contributed by atoms with Crippen molar-refractivity contribution < 1.29 is 19.5 Å². The van der Waals surface area contributed by atoms with Crippen LogP contribution in [0.2, 0.25) is 0 Å². The van der Waals surface area contributed by atoms with Crippen molar-refractivity contribution in [3.8, 4) is 0 Å². The maximum Gasteiger partial charge on any atom is 0.331 e. The fourth-order valence-electron chi connectivity index (χ4n) is 2.48. The summed E-state index contributed by atoms with van der Waals surface area (Å²) < 4.78 is 0. The van der Waals surface area contributed by atoms with Gasteiger partial charge in [-0.1, -0.05) is 67.4 Å². The van der Waals surface area contributed by atoms with E-state index >= 15 is 0 Å². The van der Waals surface area contributed by atoms with Crippen LogP contribution in [0.25, 0.3) is 0 Å². The molecule has 0 saturated carbocycles. The summed E-state index contributed by atoms with van der Waals surface area (Å²) in [6, 6.07) is -0.645. The molecule has 0 aliphatic carbocycles. The van der Waals surface area contributed by atoms with E-state index in [-0.39, 0.29) is 18.0 Å². The second-order valence-corrected chi connectivity index (χ2v) is 8.57. The minimum Gasteiger partial charge on any atom is -0.478 e. The van der Waals surface area contributed by atoms with E-state index in [2.05, 4.69) is 31.1 Å². The van der Waals surface area contributed by atoms with Gasteiger partial charge in [0.2, 0.25) is 12.3 Å². The van der Waals surface area contributed by atoms with Gasteiger partial charge in [-0.15, -0.1) is 0 Å². The molecule has 2 N–H and O–H groups in total. The van der Waals surface area contributed by atoms with Crippen LogP contribution in [0.1, 0.15) is 81.1 Å². The number of rotatable bonds is 6. The fraction of sp³-hybridized carbons (Fsp3) is 0.792. The highest BCUT2D eigenvalue weighted by Gasteiger charge is 2.32. The minimum absolute atomic E-state index is 0.176. The molecule has 0 aromatic carbocycles. The number of likely N-dealkylation sites (N-methyl/N-ethyl adjacent to an activating group) is 1. The first-order valence-corrected chi connectivity index (χ1v) is 11.5. The van der Waals surface area contributed by atoms with Crippen LogP contribution in [0.3, 0.4) is 0 Å². The number of carboxylic acids is 1. The van der Waals surface area contributed by atoms with Crippen LogP contribution in [-0.2, 0) is 14.4 Å². The van der Waals surface area contributed by atoms with Gasteiger partial charge in [0.05, 0.1) is 0 Å². The first-order valence-electron chi connectivity index (χ1n) is 11.5. The normalized spacial score (nSPS) is 14.8. The molecule has 0 aromatic rings. The van der Waals surface area contributed by atoms with E-state index < -0.39 is 17.4 Å². The Labute approximate surface area is 191 Å². The summed E-state index contributed by atoms with van der Waals surface area (Å²) in [5.41, 5.74) is -0.243. The van der Waals surface area contributed by atoms with Gasteiger partial charge in [0.15, 0.2) is 0 Å². The molecule has 7 heteroatoms. The molecule has 1 heterocycles. The van der Waals surface area contributed by atoms with Gasteiger partial charge in [0.25, 0.3) is 0 Å². The Bertz CT molecular complexity index is 507. The smallest absolute Gasteiger partial charge is 0.331 e. The van der Waals surface area contributed by atoms with Crippen LogP contribution in [-0.4, -0.2) is 73.0 Å². The van der Waals surface area contributed by atoms with Gasteiger partial charge in [-0.05, 0) is 45.3 Å². The summed E-state index contributed by atoms with van der Waals surface area (Å²) in [5, 5.41) is 11.2. The molecule has 0 spiro atoms. The first-order chi connectivity index (χ1) is 14.4. The van der Waals surface area contributed by atoms with E-state index in [4.69, 9.17) is 5.11 Å². The zero-order valence-corrected chi connectivity index (χ0v) is 21.7. The minimum atomic E-state index is -1.01. The molecule has 1 saturated heterocycles. The number of aliphatic carboxylic acids is 1. The lowest BCUT2D eigenvalue weighted by atomic mass is 9.86. The number of carboxylic acid groups (broad SMARTS) is 1. The number of piperidine rings is 1. The second-order valence-electron chi connectivity index (χ2n) is 8.57. The van der Waals surface area contributed by atoms with Gasteiger partial charge >= 0.3 is 5.97 Å². The van der Waals surface area contributed by atoms with Crippen molar-refractivity contribution in [3.05, 3.63) is 11.6 Å². The third-order valence-corrected chi connectivity index (χ3v) is 4.31. The number of nitrogens with one attached hydrogen (secondary N) is 1. The lowest BCUT2D eigenvalue weighted by Crippen LogP contribution is -2.51. The molecule has 1 fully saturated rings. The van der Waals surface area contributed by atoms with Crippen LogP contribution < -0.4 is 5.32 Å². The van der Waals surface area contributed by atoms with Crippen LogP contribution >= 0.6 is 0 Å². The standard InChI is InChI=1S/C13H22N2O4.C6H13N.C3H8.C2H6/c1-9(12(18)19)6-7-15(5)11(17)10(14-8-16)13(2,3)4;1-7-5-3-2-4-6-7;1-3-2;1-2/h6,8,10H,7H2,1-5H3,(H,14,16)(H,18,19);2-6H2,1H3;3H2,1-2H3;1-2H3/b9-6+;;;. The number of carbonyl (C=O) groups excluding carboxylic acids is 2. The molecule has 1 rings (SSSR count). The number of nitrogens with zero attached hydrogens (tertiary/aromatic N) is 2. The molecule has 2 amide bonds. The Kier molecular flexibility index (Phi) is 21.8. The van der Waals surface area contributed by atoms with Crippen molar-refractivity contribution in [1.82, 2.24) is 15.1 Å². The zero-order chi connectivity index (χ0) is 25.0. The summed E-state index contributed by atoms with van der Waals surface area (Å²) in [6.45, 7) is 18.1. The summed E-state index contributed by atoms with van der Waals surface area (Å²) in [5.74, 6) is -1.27. The fourth-order valence-corrected chi connectivity index (χ4v) is 2.48. The predicted octanol–water partition coefficient (Wildman–Crippen LogP) is 4.18. The third-order valence-electron chi connectivity index (χ3n) is 4.31. The van der Waals surface area contributed by atoms with E-state index in [1.807, 2.05) is 34.6 Å². The van der Waals surface area contributed by atoms with Gasteiger partial charge in [-0.25, -0.2) is 4.79 Å². The van der Waals surface area contributed by atoms with Crippen LogP contribution in [0.5, 0.6) is 0 Å². The highest BCUT2D eigenvalue weighted by Crippen LogP contribution is 2.20. The molecule has 0 bridgehead atoms. The summed E-state index contributed by atoms with van der Waals surface area (Å²) in [4.78, 5) is 37.2. The molecule has 184 valence electrons. The quantitative estimate of drug-likeness (QED) is 0.475. The molecule has 1 aliphatic heterocycles. The number of amides is 2. The molecule has 7 nitrogen and oxygen atoms in total. The first kappa shape index (κ1) is 33.7. The highest BCUT2D eigenvalue weighted by molar-refractivity contribution is 5.86. The molecule has 31 heavy (non-hydrogen) atoms. The van der Waals surface area contributed by atoms with Crippen molar-refractivity contribution in [1.29, 1.82) is 0 Å².